The number of alkyl halides is 2. The van der Waals surface area contributed by atoms with Crippen molar-refractivity contribution in [2.75, 3.05) is 27.2 Å². The third-order valence-electron chi connectivity index (χ3n) is 3.09. The predicted octanol–water partition coefficient (Wildman–Crippen LogP) is 2.78. The second kappa shape index (κ2) is 7.44. The van der Waals surface area contributed by atoms with E-state index < -0.39 is 6.43 Å². The molecular formula is C14H22F2N2. The Kier molecular flexibility index (Phi) is 6.22. The molecule has 1 aromatic carbocycles. The quantitative estimate of drug-likeness (QED) is 0.807. The average molecular weight is 256 g/mol. The first-order valence-corrected chi connectivity index (χ1v) is 6.23. The van der Waals surface area contributed by atoms with Gasteiger partial charge in [-0.1, -0.05) is 37.3 Å². The topological polar surface area (TPSA) is 15.3 Å². The molecule has 0 amide bonds. The minimum atomic E-state index is -2.27. The van der Waals surface area contributed by atoms with Crippen molar-refractivity contribution in [3.63, 3.8) is 0 Å². The molecule has 0 radical (unpaired) electrons. The lowest BCUT2D eigenvalue weighted by atomic mass is 9.94. The fourth-order valence-electron chi connectivity index (χ4n) is 2.35. The molecule has 1 N–H and O–H groups in total. The van der Waals surface area contributed by atoms with E-state index in [2.05, 4.69) is 24.4 Å². The van der Waals surface area contributed by atoms with Gasteiger partial charge in [0.1, 0.15) is 0 Å². The van der Waals surface area contributed by atoms with E-state index in [1.807, 2.05) is 25.2 Å². The van der Waals surface area contributed by atoms with Crippen LogP contribution in [0.15, 0.2) is 30.3 Å². The zero-order valence-corrected chi connectivity index (χ0v) is 11.2. The first kappa shape index (κ1) is 15.1. The van der Waals surface area contributed by atoms with E-state index in [1.54, 1.807) is 11.9 Å². The van der Waals surface area contributed by atoms with Crippen LogP contribution in [-0.2, 0) is 0 Å². The second-order valence-corrected chi connectivity index (χ2v) is 4.77. The van der Waals surface area contributed by atoms with Gasteiger partial charge in [0.2, 0.25) is 0 Å². The minimum absolute atomic E-state index is 0.171. The molecule has 102 valence electrons. The number of benzene rings is 1. The number of nitrogens with one attached hydrogen (secondary N) is 1. The van der Waals surface area contributed by atoms with Crippen LogP contribution in [0.4, 0.5) is 8.78 Å². The largest absolute Gasteiger partial charge is 0.313 e. The molecule has 1 rings (SSSR count). The van der Waals surface area contributed by atoms with Crippen molar-refractivity contribution >= 4 is 0 Å². The Morgan fingerprint density at radius 2 is 1.78 bits per heavy atom. The predicted molar refractivity (Wildman–Crippen MR) is 70.9 cm³/mol. The molecule has 2 nitrogen and oxygen atoms in total. The Bertz CT molecular complexity index is 330. The lowest BCUT2D eigenvalue weighted by Crippen LogP contribution is -2.34. The highest BCUT2D eigenvalue weighted by Gasteiger charge is 2.19. The molecular weight excluding hydrogens is 234 g/mol. The van der Waals surface area contributed by atoms with Crippen molar-refractivity contribution in [1.29, 1.82) is 0 Å². The third kappa shape index (κ3) is 4.70. The maximum atomic E-state index is 12.3. The molecule has 0 heterocycles. The van der Waals surface area contributed by atoms with Crippen LogP contribution in [0.2, 0.25) is 0 Å². The molecule has 0 aliphatic heterocycles. The fourth-order valence-corrected chi connectivity index (χ4v) is 2.35. The van der Waals surface area contributed by atoms with Crippen LogP contribution in [0.25, 0.3) is 0 Å². The zero-order chi connectivity index (χ0) is 13.5. The Morgan fingerprint density at radius 1 is 1.17 bits per heavy atom. The molecule has 1 aromatic rings. The molecule has 18 heavy (non-hydrogen) atoms. The maximum Gasteiger partial charge on any atom is 0.251 e. The van der Waals surface area contributed by atoms with Crippen molar-refractivity contribution < 1.29 is 8.78 Å². The highest BCUT2D eigenvalue weighted by molar-refractivity contribution is 5.19. The summed E-state index contributed by atoms with van der Waals surface area (Å²) in [6.07, 6.45) is -2.27. The number of nitrogens with zero attached hydrogens (tertiary/aromatic N) is 1. The molecule has 4 heteroatoms. The van der Waals surface area contributed by atoms with Gasteiger partial charge in [0, 0.05) is 12.6 Å². The van der Waals surface area contributed by atoms with E-state index in [9.17, 15) is 8.78 Å². The Hall–Kier alpha value is -1.00. The van der Waals surface area contributed by atoms with E-state index in [1.165, 1.54) is 5.56 Å². The molecule has 0 fully saturated rings. The summed E-state index contributed by atoms with van der Waals surface area (Å²) in [5.41, 5.74) is 1.19. The van der Waals surface area contributed by atoms with E-state index in [0.29, 0.717) is 6.54 Å². The van der Waals surface area contributed by atoms with Gasteiger partial charge in [-0.2, -0.15) is 0 Å². The second-order valence-electron chi connectivity index (χ2n) is 4.77. The van der Waals surface area contributed by atoms with Crippen molar-refractivity contribution in [3.05, 3.63) is 35.9 Å². The summed E-state index contributed by atoms with van der Waals surface area (Å²) in [4.78, 5) is 1.68. The molecule has 0 saturated carbocycles. The summed E-state index contributed by atoms with van der Waals surface area (Å²) in [6.45, 7) is 2.55. The van der Waals surface area contributed by atoms with Gasteiger partial charge in [-0.25, -0.2) is 8.78 Å². The molecule has 2 unspecified atom stereocenters. The van der Waals surface area contributed by atoms with E-state index in [0.717, 1.165) is 0 Å². The highest BCUT2D eigenvalue weighted by Crippen LogP contribution is 2.22. The molecule has 0 saturated heterocycles. The van der Waals surface area contributed by atoms with E-state index in [4.69, 9.17) is 0 Å². The monoisotopic (exact) mass is 256 g/mol. The molecule has 0 spiro atoms. The van der Waals surface area contributed by atoms with Crippen LogP contribution < -0.4 is 5.32 Å². The van der Waals surface area contributed by atoms with Crippen LogP contribution in [0.1, 0.15) is 18.5 Å². The summed E-state index contributed by atoms with van der Waals surface area (Å²) >= 11 is 0. The van der Waals surface area contributed by atoms with E-state index >= 15 is 0 Å². The van der Waals surface area contributed by atoms with Crippen LogP contribution in [0, 0.1) is 5.92 Å². The average Bonchev–Trinajstić information content (AvgIpc) is 2.29. The van der Waals surface area contributed by atoms with Crippen molar-refractivity contribution in [2.45, 2.75) is 19.4 Å². The number of rotatable bonds is 7. The zero-order valence-electron chi connectivity index (χ0n) is 11.2. The third-order valence-corrected chi connectivity index (χ3v) is 3.09. The van der Waals surface area contributed by atoms with E-state index in [-0.39, 0.29) is 18.5 Å². The Labute approximate surface area is 108 Å². The number of hydrogen-bond donors (Lipinski definition) is 1. The molecule has 0 aliphatic rings. The van der Waals surface area contributed by atoms with Gasteiger partial charge in [-0.3, -0.25) is 0 Å². The summed E-state index contributed by atoms with van der Waals surface area (Å²) in [6, 6.07) is 10.3. The summed E-state index contributed by atoms with van der Waals surface area (Å²) in [5, 5.41) is 3.26. The SMILES string of the molecule is CNC(c1ccccc1)C(C)CN(C)CC(F)F. The van der Waals surface area contributed by atoms with Gasteiger partial charge in [-0.15, -0.1) is 0 Å². The first-order valence-electron chi connectivity index (χ1n) is 6.23. The minimum Gasteiger partial charge on any atom is -0.313 e. The maximum absolute atomic E-state index is 12.3. The van der Waals surface area contributed by atoms with Gasteiger partial charge >= 0.3 is 0 Å². The van der Waals surface area contributed by atoms with Gasteiger partial charge in [-0.05, 0) is 25.6 Å². The van der Waals surface area contributed by atoms with Gasteiger partial charge in [0.05, 0.1) is 6.54 Å². The summed E-state index contributed by atoms with van der Waals surface area (Å²) < 4.78 is 24.6. The van der Waals surface area contributed by atoms with Crippen LogP contribution in [0.5, 0.6) is 0 Å². The first-order chi connectivity index (χ1) is 8.54. The molecule has 0 aliphatic carbocycles. The van der Waals surface area contributed by atoms with Crippen LogP contribution in [-0.4, -0.2) is 38.5 Å². The molecule has 2 atom stereocenters. The smallest absolute Gasteiger partial charge is 0.251 e. The van der Waals surface area contributed by atoms with Gasteiger partial charge in [0.25, 0.3) is 6.43 Å². The Morgan fingerprint density at radius 3 is 2.28 bits per heavy atom. The number of hydrogen-bond acceptors (Lipinski definition) is 2. The molecule has 0 bridgehead atoms. The standard InChI is InChI=1S/C14H22F2N2/c1-11(9-18(3)10-13(15)16)14(17-2)12-7-5-4-6-8-12/h4-8,11,13-14,17H,9-10H2,1-3H3. The lowest BCUT2D eigenvalue weighted by Gasteiger charge is -2.28. The van der Waals surface area contributed by atoms with Gasteiger partial charge in [0.15, 0.2) is 0 Å². The van der Waals surface area contributed by atoms with Crippen molar-refractivity contribution in [3.8, 4) is 0 Å². The normalized spacial score (nSPS) is 15.1. The van der Waals surface area contributed by atoms with Gasteiger partial charge < -0.3 is 10.2 Å². The van der Waals surface area contributed by atoms with Crippen molar-refractivity contribution in [2.24, 2.45) is 5.92 Å². The van der Waals surface area contributed by atoms with Crippen LogP contribution >= 0.6 is 0 Å². The van der Waals surface area contributed by atoms with Crippen molar-refractivity contribution in [1.82, 2.24) is 10.2 Å². The van der Waals surface area contributed by atoms with Crippen LogP contribution in [0.3, 0.4) is 0 Å². The fraction of sp³-hybridized carbons (Fsp3) is 0.571. The molecule has 0 aromatic heterocycles. The Balaban J connectivity index is 2.60. The highest BCUT2D eigenvalue weighted by atomic mass is 19.3. The lowest BCUT2D eigenvalue weighted by molar-refractivity contribution is 0.0913. The number of halogens is 2. The summed E-state index contributed by atoms with van der Waals surface area (Å²) in [7, 11) is 3.64. The summed E-state index contributed by atoms with van der Waals surface area (Å²) in [5.74, 6) is 0.265.